The Morgan fingerprint density at radius 2 is 1.80 bits per heavy atom. The molecule has 1 aromatic rings. The normalized spacial score (nSPS) is 11.0. The minimum absolute atomic E-state index is 0.329. The molecule has 5 N–H and O–H groups in total. The zero-order chi connectivity index (χ0) is 11.8. The van der Waals surface area contributed by atoms with Gasteiger partial charge in [0.05, 0.1) is 0 Å². The van der Waals surface area contributed by atoms with Crippen molar-refractivity contribution in [1.82, 2.24) is 0 Å². The van der Waals surface area contributed by atoms with Gasteiger partial charge in [0.25, 0.3) is 0 Å². The summed E-state index contributed by atoms with van der Waals surface area (Å²) in [5.74, 6) is -0.989. The highest BCUT2D eigenvalue weighted by atomic mass is 16.4. The predicted molar refractivity (Wildman–Crippen MR) is 61.4 cm³/mol. The molecule has 0 saturated heterocycles. The molecule has 0 radical (unpaired) electrons. The number of benzene rings is 1. The maximum absolute atomic E-state index is 10.4. The number of anilines is 1. The second-order valence-electron chi connectivity index (χ2n) is 2.89. The van der Waals surface area contributed by atoms with Gasteiger partial charge in [-0.3, -0.25) is 4.79 Å². The molecular formula is C11H16N2O2. The Morgan fingerprint density at radius 3 is 2.20 bits per heavy atom. The lowest BCUT2D eigenvalue weighted by molar-refractivity contribution is -0.138. The second-order valence-corrected chi connectivity index (χ2v) is 2.89. The summed E-state index contributed by atoms with van der Waals surface area (Å²) in [6.45, 7) is 6.00. The van der Waals surface area contributed by atoms with Crippen LogP contribution in [0.1, 0.15) is 5.56 Å². The summed E-state index contributed by atoms with van der Waals surface area (Å²) in [7, 11) is 0. The van der Waals surface area contributed by atoms with Gasteiger partial charge in [0, 0.05) is 5.69 Å². The first-order valence-electron chi connectivity index (χ1n) is 4.42. The highest BCUT2D eigenvalue weighted by molar-refractivity contribution is 5.73. The first-order chi connectivity index (χ1) is 7.09. The summed E-state index contributed by atoms with van der Waals surface area (Å²) in [4.78, 5) is 10.4. The van der Waals surface area contributed by atoms with Gasteiger partial charge in [0.2, 0.25) is 0 Å². The van der Waals surface area contributed by atoms with Gasteiger partial charge in [-0.2, -0.15) is 0 Å². The zero-order valence-corrected chi connectivity index (χ0v) is 8.52. The van der Waals surface area contributed by atoms with E-state index in [1.807, 2.05) is 0 Å². The molecule has 0 spiro atoms. The summed E-state index contributed by atoms with van der Waals surface area (Å²) in [6, 6.07) is 6.16. The van der Waals surface area contributed by atoms with E-state index in [0.717, 1.165) is 5.56 Å². The summed E-state index contributed by atoms with van der Waals surface area (Å²) in [6.07, 6.45) is 0.329. The molecule has 82 valence electrons. The number of aliphatic carboxylic acids is 1. The van der Waals surface area contributed by atoms with Crippen molar-refractivity contribution < 1.29 is 9.90 Å². The van der Waals surface area contributed by atoms with Crippen molar-refractivity contribution in [2.75, 3.05) is 5.73 Å². The molecule has 4 heteroatoms. The molecule has 15 heavy (non-hydrogen) atoms. The number of nitrogens with two attached hydrogens (primary N) is 2. The van der Waals surface area contributed by atoms with Gasteiger partial charge in [-0.25, -0.2) is 0 Å². The summed E-state index contributed by atoms with van der Waals surface area (Å²) < 4.78 is 0. The zero-order valence-electron chi connectivity index (χ0n) is 8.52. The third-order valence-corrected chi connectivity index (χ3v) is 1.75. The standard InChI is InChI=1S/C9H12N2O2.C2H4/c10-7-3-1-6(2-4-7)5-8(11)9(12)13;1-2/h1-4,8H,5,10-11H2,(H,12,13);1-2H2. The molecular weight excluding hydrogens is 192 g/mol. The molecule has 1 unspecified atom stereocenters. The maximum atomic E-state index is 10.4. The Kier molecular flexibility index (Phi) is 5.82. The van der Waals surface area contributed by atoms with Gasteiger partial charge in [-0.15, -0.1) is 13.2 Å². The average molecular weight is 208 g/mol. The van der Waals surface area contributed by atoms with Crippen LogP contribution in [0.3, 0.4) is 0 Å². The first kappa shape index (κ1) is 13.2. The molecule has 0 aliphatic carbocycles. The van der Waals surface area contributed by atoms with Crippen LogP contribution in [-0.4, -0.2) is 17.1 Å². The van der Waals surface area contributed by atoms with E-state index >= 15 is 0 Å². The topological polar surface area (TPSA) is 89.3 Å². The van der Waals surface area contributed by atoms with Crippen molar-refractivity contribution in [1.29, 1.82) is 0 Å². The molecule has 1 aromatic carbocycles. The van der Waals surface area contributed by atoms with Crippen LogP contribution in [0.2, 0.25) is 0 Å². The Balaban J connectivity index is 0.000000921. The molecule has 0 bridgehead atoms. The van der Waals surface area contributed by atoms with E-state index in [9.17, 15) is 4.79 Å². The molecule has 4 nitrogen and oxygen atoms in total. The van der Waals surface area contributed by atoms with Crippen LogP contribution >= 0.6 is 0 Å². The van der Waals surface area contributed by atoms with Gasteiger partial charge in [0.15, 0.2) is 0 Å². The van der Waals surface area contributed by atoms with Crippen LogP contribution in [0.25, 0.3) is 0 Å². The van der Waals surface area contributed by atoms with Crippen LogP contribution in [0.4, 0.5) is 5.69 Å². The van der Waals surface area contributed by atoms with Gasteiger partial charge >= 0.3 is 5.97 Å². The third kappa shape index (κ3) is 4.83. The molecule has 0 fully saturated rings. The molecule has 0 saturated carbocycles. The van der Waals surface area contributed by atoms with E-state index < -0.39 is 12.0 Å². The average Bonchev–Trinajstić information content (AvgIpc) is 2.24. The van der Waals surface area contributed by atoms with Crippen LogP contribution in [0.15, 0.2) is 37.4 Å². The fourth-order valence-electron chi connectivity index (χ4n) is 0.995. The largest absolute Gasteiger partial charge is 0.480 e. The van der Waals surface area contributed by atoms with Crippen LogP contribution in [-0.2, 0) is 11.2 Å². The smallest absolute Gasteiger partial charge is 0.320 e. The molecule has 1 atom stereocenters. The number of hydrogen-bond donors (Lipinski definition) is 3. The quantitative estimate of drug-likeness (QED) is 0.511. The SMILES string of the molecule is C=C.Nc1ccc(CC(N)C(=O)O)cc1. The molecule has 0 aliphatic heterocycles. The summed E-state index contributed by atoms with van der Waals surface area (Å²) in [5.41, 5.74) is 12.4. The van der Waals surface area contributed by atoms with Crippen LogP contribution < -0.4 is 11.5 Å². The Morgan fingerprint density at radius 1 is 1.33 bits per heavy atom. The van der Waals surface area contributed by atoms with E-state index in [-0.39, 0.29) is 0 Å². The van der Waals surface area contributed by atoms with E-state index in [2.05, 4.69) is 13.2 Å². The van der Waals surface area contributed by atoms with Crippen LogP contribution in [0.5, 0.6) is 0 Å². The minimum atomic E-state index is -0.989. The van der Waals surface area contributed by atoms with Crippen LogP contribution in [0, 0.1) is 0 Å². The molecule has 0 aliphatic rings. The predicted octanol–water partition coefficient (Wildman–Crippen LogP) is 1.03. The van der Waals surface area contributed by atoms with Crippen molar-refractivity contribution in [3.05, 3.63) is 43.0 Å². The van der Waals surface area contributed by atoms with Crippen molar-refractivity contribution in [3.63, 3.8) is 0 Å². The van der Waals surface area contributed by atoms with Crippen molar-refractivity contribution >= 4 is 11.7 Å². The fraction of sp³-hybridized carbons (Fsp3) is 0.182. The lowest BCUT2D eigenvalue weighted by Crippen LogP contribution is -2.32. The highest BCUT2D eigenvalue weighted by Gasteiger charge is 2.11. The molecule has 0 amide bonds. The van der Waals surface area contributed by atoms with E-state index in [1.165, 1.54) is 0 Å². The second kappa shape index (κ2) is 6.62. The van der Waals surface area contributed by atoms with Gasteiger partial charge in [-0.1, -0.05) is 12.1 Å². The summed E-state index contributed by atoms with van der Waals surface area (Å²) in [5, 5.41) is 8.55. The van der Waals surface area contributed by atoms with Gasteiger partial charge < -0.3 is 16.6 Å². The van der Waals surface area contributed by atoms with Crippen molar-refractivity contribution in [3.8, 4) is 0 Å². The fourth-order valence-corrected chi connectivity index (χ4v) is 0.995. The number of carboxylic acids is 1. The maximum Gasteiger partial charge on any atom is 0.320 e. The van der Waals surface area contributed by atoms with E-state index in [4.69, 9.17) is 16.6 Å². The van der Waals surface area contributed by atoms with E-state index in [1.54, 1.807) is 24.3 Å². The lowest BCUT2D eigenvalue weighted by atomic mass is 10.1. The Bertz CT molecular complexity index is 309. The number of carbonyl (C=O) groups is 1. The minimum Gasteiger partial charge on any atom is -0.480 e. The number of nitrogen functional groups attached to an aromatic ring is 1. The summed E-state index contributed by atoms with van der Waals surface area (Å²) >= 11 is 0. The van der Waals surface area contributed by atoms with Gasteiger partial charge in [-0.05, 0) is 24.1 Å². The number of hydrogen-bond acceptors (Lipinski definition) is 3. The Labute approximate surface area is 89.2 Å². The number of rotatable bonds is 3. The molecule has 0 heterocycles. The van der Waals surface area contributed by atoms with E-state index in [0.29, 0.717) is 12.1 Å². The third-order valence-electron chi connectivity index (χ3n) is 1.75. The lowest BCUT2D eigenvalue weighted by Gasteiger charge is -2.05. The monoisotopic (exact) mass is 208 g/mol. The van der Waals surface area contributed by atoms with Gasteiger partial charge in [0.1, 0.15) is 6.04 Å². The van der Waals surface area contributed by atoms with Crippen molar-refractivity contribution in [2.24, 2.45) is 5.73 Å². The first-order valence-corrected chi connectivity index (χ1v) is 4.42. The molecule has 0 aromatic heterocycles. The molecule has 1 rings (SSSR count). The Hall–Kier alpha value is -1.81. The number of carboxylic acid groups (broad SMARTS) is 1. The highest BCUT2D eigenvalue weighted by Crippen LogP contribution is 2.07. The van der Waals surface area contributed by atoms with Crippen molar-refractivity contribution in [2.45, 2.75) is 12.5 Å².